The van der Waals surface area contributed by atoms with Crippen LogP contribution in [0.15, 0.2) is 30.3 Å². The van der Waals surface area contributed by atoms with Crippen LogP contribution in [-0.4, -0.2) is 30.6 Å². The van der Waals surface area contributed by atoms with Gasteiger partial charge in [0.05, 0.1) is 0 Å². The van der Waals surface area contributed by atoms with Gasteiger partial charge in [-0.2, -0.15) is 0 Å². The second-order valence-corrected chi connectivity index (χ2v) is 6.25. The van der Waals surface area contributed by atoms with Gasteiger partial charge in [-0.25, -0.2) is 0 Å². The molecule has 1 N–H and O–H groups in total. The van der Waals surface area contributed by atoms with Crippen LogP contribution in [-0.2, 0) is 6.54 Å². The largest absolute Gasteiger partial charge is 0.313 e. The third kappa shape index (κ3) is 3.80. The highest BCUT2D eigenvalue weighted by Crippen LogP contribution is 2.28. The number of hydrogen-bond donors (Lipinski definition) is 1. The van der Waals surface area contributed by atoms with E-state index in [0.29, 0.717) is 0 Å². The maximum absolute atomic E-state index is 3.75. The van der Waals surface area contributed by atoms with Crippen molar-refractivity contribution in [3.63, 3.8) is 0 Å². The molecule has 2 aliphatic rings. The van der Waals surface area contributed by atoms with Gasteiger partial charge in [0.25, 0.3) is 0 Å². The highest BCUT2D eigenvalue weighted by Gasteiger charge is 2.22. The smallest absolute Gasteiger partial charge is 0.0234 e. The first-order valence-corrected chi connectivity index (χ1v) is 7.90. The first kappa shape index (κ1) is 13.1. The molecule has 1 saturated heterocycles. The third-order valence-corrected chi connectivity index (χ3v) is 4.73. The first-order valence-electron chi connectivity index (χ1n) is 7.90. The Labute approximate surface area is 117 Å². The minimum Gasteiger partial charge on any atom is -0.313 e. The lowest BCUT2D eigenvalue weighted by Gasteiger charge is -2.26. The van der Waals surface area contributed by atoms with Crippen molar-refractivity contribution in [1.82, 2.24) is 10.2 Å². The van der Waals surface area contributed by atoms with Gasteiger partial charge in [-0.05, 0) is 30.9 Å². The molecule has 1 saturated carbocycles. The zero-order chi connectivity index (χ0) is 12.9. The summed E-state index contributed by atoms with van der Waals surface area (Å²) in [6, 6.07) is 11.6. The molecule has 0 aromatic heterocycles. The Kier molecular flexibility index (Phi) is 4.52. The zero-order valence-electron chi connectivity index (χ0n) is 11.9. The van der Waals surface area contributed by atoms with Crippen molar-refractivity contribution in [2.75, 3.05) is 19.6 Å². The summed E-state index contributed by atoms with van der Waals surface area (Å²) in [6.07, 6.45) is 7.14. The number of likely N-dealkylation sites (tertiary alicyclic amines) is 1. The number of rotatable bonds is 6. The van der Waals surface area contributed by atoms with Crippen LogP contribution in [0, 0.1) is 5.92 Å². The molecule has 0 bridgehead atoms. The first-order chi connectivity index (χ1) is 9.40. The van der Waals surface area contributed by atoms with Crippen LogP contribution < -0.4 is 5.32 Å². The average molecular weight is 258 g/mol. The maximum Gasteiger partial charge on any atom is 0.0234 e. The fourth-order valence-electron chi connectivity index (χ4n) is 3.26. The van der Waals surface area contributed by atoms with Crippen LogP contribution in [0.1, 0.15) is 37.7 Å². The van der Waals surface area contributed by atoms with Gasteiger partial charge in [-0.3, -0.25) is 4.90 Å². The Morgan fingerprint density at radius 3 is 2.68 bits per heavy atom. The summed E-state index contributed by atoms with van der Waals surface area (Å²) in [4.78, 5) is 2.58. The summed E-state index contributed by atoms with van der Waals surface area (Å²) in [5.74, 6) is 1.04. The lowest BCUT2D eigenvalue weighted by atomic mass is 9.83. The monoisotopic (exact) mass is 258 g/mol. The highest BCUT2D eigenvalue weighted by molar-refractivity contribution is 5.14. The van der Waals surface area contributed by atoms with Gasteiger partial charge in [0.15, 0.2) is 0 Å². The summed E-state index contributed by atoms with van der Waals surface area (Å²) in [6.45, 7) is 4.81. The normalized spacial score (nSPS) is 24.5. The van der Waals surface area contributed by atoms with Crippen molar-refractivity contribution in [2.45, 2.75) is 44.7 Å². The quantitative estimate of drug-likeness (QED) is 0.843. The van der Waals surface area contributed by atoms with Crippen LogP contribution in [0.4, 0.5) is 0 Å². The molecule has 2 nitrogen and oxygen atoms in total. The zero-order valence-corrected chi connectivity index (χ0v) is 11.9. The van der Waals surface area contributed by atoms with Gasteiger partial charge < -0.3 is 5.32 Å². The summed E-state index contributed by atoms with van der Waals surface area (Å²) >= 11 is 0. The molecule has 0 radical (unpaired) electrons. The van der Waals surface area contributed by atoms with Gasteiger partial charge in [0.2, 0.25) is 0 Å². The Morgan fingerprint density at radius 2 is 1.95 bits per heavy atom. The summed E-state index contributed by atoms with van der Waals surface area (Å²) in [5, 5.41) is 3.75. The van der Waals surface area contributed by atoms with E-state index in [-0.39, 0.29) is 0 Å². The molecule has 19 heavy (non-hydrogen) atoms. The average Bonchev–Trinajstić information content (AvgIpc) is 2.81. The van der Waals surface area contributed by atoms with Crippen LogP contribution in [0.3, 0.4) is 0 Å². The van der Waals surface area contributed by atoms with Crippen molar-refractivity contribution in [2.24, 2.45) is 5.92 Å². The highest BCUT2D eigenvalue weighted by atomic mass is 15.2. The SMILES string of the molecule is c1ccc(CN2CCC(NCCC3CCC3)C2)cc1. The van der Waals surface area contributed by atoms with E-state index in [2.05, 4.69) is 40.5 Å². The van der Waals surface area contributed by atoms with Gasteiger partial charge in [0, 0.05) is 25.7 Å². The lowest BCUT2D eigenvalue weighted by Crippen LogP contribution is -2.34. The molecule has 104 valence electrons. The summed E-state index contributed by atoms with van der Waals surface area (Å²) < 4.78 is 0. The van der Waals surface area contributed by atoms with Gasteiger partial charge in [-0.1, -0.05) is 49.6 Å². The minimum atomic E-state index is 0.726. The van der Waals surface area contributed by atoms with E-state index in [4.69, 9.17) is 0 Å². The van der Waals surface area contributed by atoms with E-state index < -0.39 is 0 Å². The summed E-state index contributed by atoms with van der Waals surface area (Å²) in [5.41, 5.74) is 1.44. The number of nitrogens with one attached hydrogen (secondary N) is 1. The Hall–Kier alpha value is -0.860. The molecule has 0 amide bonds. The number of hydrogen-bond acceptors (Lipinski definition) is 2. The second-order valence-electron chi connectivity index (χ2n) is 6.25. The molecule has 3 rings (SSSR count). The number of benzene rings is 1. The predicted octanol–water partition coefficient (Wildman–Crippen LogP) is 3.04. The molecule has 1 aliphatic heterocycles. The molecule has 0 spiro atoms. The Balaban J connectivity index is 1.35. The van der Waals surface area contributed by atoms with E-state index in [1.165, 1.54) is 57.3 Å². The Bertz CT molecular complexity index is 372. The molecule has 1 heterocycles. The minimum absolute atomic E-state index is 0.726. The standard InChI is InChI=1S/C17H26N2/c1-2-5-16(6-3-1)13-19-12-10-17(14-19)18-11-9-15-7-4-8-15/h1-3,5-6,15,17-18H,4,7-14H2. The molecular formula is C17H26N2. The second kappa shape index (κ2) is 6.53. The van der Waals surface area contributed by atoms with Gasteiger partial charge >= 0.3 is 0 Å². The molecule has 2 fully saturated rings. The molecule has 2 heteroatoms. The Morgan fingerprint density at radius 1 is 1.11 bits per heavy atom. The third-order valence-electron chi connectivity index (χ3n) is 4.73. The van der Waals surface area contributed by atoms with Crippen LogP contribution in [0.2, 0.25) is 0 Å². The summed E-state index contributed by atoms with van der Waals surface area (Å²) in [7, 11) is 0. The fraction of sp³-hybridized carbons (Fsp3) is 0.647. The van der Waals surface area contributed by atoms with E-state index in [1.54, 1.807) is 0 Å². The van der Waals surface area contributed by atoms with Crippen molar-refractivity contribution in [3.8, 4) is 0 Å². The van der Waals surface area contributed by atoms with Gasteiger partial charge in [0.1, 0.15) is 0 Å². The van der Waals surface area contributed by atoms with E-state index in [1.807, 2.05) is 0 Å². The molecule has 1 aromatic rings. The van der Waals surface area contributed by atoms with Crippen LogP contribution >= 0.6 is 0 Å². The molecule has 1 atom stereocenters. The number of nitrogens with zero attached hydrogens (tertiary/aromatic N) is 1. The van der Waals surface area contributed by atoms with Crippen molar-refractivity contribution in [1.29, 1.82) is 0 Å². The van der Waals surface area contributed by atoms with Crippen LogP contribution in [0.5, 0.6) is 0 Å². The van der Waals surface area contributed by atoms with Crippen molar-refractivity contribution >= 4 is 0 Å². The van der Waals surface area contributed by atoms with E-state index >= 15 is 0 Å². The van der Waals surface area contributed by atoms with E-state index in [9.17, 15) is 0 Å². The maximum atomic E-state index is 3.75. The topological polar surface area (TPSA) is 15.3 Å². The molecule has 1 aromatic carbocycles. The molecular weight excluding hydrogens is 232 g/mol. The van der Waals surface area contributed by atoms with E-state index in [0.717, 1.165) is 18.5 Å². The lowest BCUT2D eigenvalue weighted by molar-refractivity contribution is 0.283. The fourth-order valence-corrected chi connectivity index (χ4v) is 3.26. The van der Waals surface area contributed by atoms with Crippen molar-refractivity contribution in [3.05, 3.63) is 35.9 Å². The molecule has 1 unspecified atom stereocenters. The van der Waals surface area contributed by atoms with Crippen molar-refractivity contribution < 1.29 is 0 Å². The van der Waals surface area contributed by atoms with Crippen LogP contribution in [0.25, 0.3) is 0 Å². The van der Waals surface area contributed by atoms with Gasteiger partial charge in [-0.15, -0.1) is 0 Å². The molecule has 1 aliphatic carbocycles. The predicted molar refractivity (Wildman–Crippen MR) is 80.1 cm³/mol.